The van der Waals surface area contributed by atoms with Crippen molar-refractivity contribution in [3.63, 3.8) is 0 Å². The van der Waals surface area contributed by atoms with Crippen LogP contribution in [0.5, 0.6) is 0 Å². The number of likely N-dealkylation sites (tertiary alicyclic amines) is 1. The lowest BCUT2D eigenvalue weighted by Crippen LogP contribution is -2.28. The molecule has 114 valence electrons. The predicted octanol–water partition coefficient (Wildman–Crippen LogP) is 1.47. The van der Waals surface area contributed by atoms with Crippen molar-refractivity contribution in [1.29, 1.82) is 0 Å². The summed E-state index contributed by atoms with van der Waals surface area (Å²) in [6.45, 7) is 3.30. The molecular formula is C14H19ClN4O2. The van der Waals surface area contributed by atoms with Gasteiger partial charge in [-0.1, -0.05) is 11.6 Å². The maximum atomic E-state index is 11.8. The predicted molar refractivity (Wildman–Crippen MR) is 81.5 cm³/mol. The van der Waals surface area contributed by atoms with Gasteiger partial charge in [-0.05, 0) is 13.0 Å². The van der Waals surface area contributed by atoms with Crippen LogP contribution < -0.4 is 5.32 Å². The van der Waals surface area contributed by atoms with Gasteiger partial charge in [-0.3, -0.25) is 9.59 Å². The van der Waals surface area contributed by atoms with Crippen LogP contribution >= 0.6 is 11.6 Å². The van der Waals surface area contributed by atoms with Crippen molar-refractivity contribution in [2.45, 2.75) is 19.4 Å². The van der Waals surface area contributed by atoms with Crippen LogP contribution in [0, 0.1) is 0 Å². The van der Waals surface area contributed by atoms with Crippen LogP contribution in [-0.4, -0.2) is 59.8 Å². The highest BCUT2D eigenvalue weighted by Gasteiger charge is 2.28. The zero-order valence-corrected chi connectivity index (χ0v) is 13.1. The van der Waals surface area contributed by atoms with Gasteiger partial charge in [0.25, 0.3) is 5.91 Å². The highest BCUT2D eigenvalue weighted by Crippen LogP contribution is 2.23. The molecular weight excluding hydrogens is 292 g/mol. The number of nitrogens with one attached hydrogen (secondary N) is 1. The van der Waals surface area contributed by atoms with Gasteiger partial charge in [-0.2, -0.15) is 0 Å². The van der Waals surface area contributed by atoms with Crippen molar-refractivity contribution in [1.82, 2.24) is 14.8 Å². The summed E-state index contributed by atoms with van der Waals surface area (Å²) < 4.78 is 0. The van der Waals surface area contributed by atoms with Crippen molar-refractivity contribution in [3.05, 3.63) is 22.8 Å². The zero-order chi connectivity index (χ0) is 15.6. The highest BCUT2D eigenvalue weighted by molar-refractivity contribution is 6.33. The van der Waals surface area contributed by atoms with Crippen LogP contribution in [0.15, 0.2) is 12.3 Å². The van der Waals surface area contributed by atoms with E-state index >= 15 is 0 Å². The molecule has 2 amide bonds. The van der Waals surface area contributed by atoms with Gasteiger partial charge < -0.3 is 15.1 Å². The average molecular weight is 311 g/mol. The number of aromatic nitrogens is 1. The molecule has 1 unspecified atom stereocenters. The van der Waals surface area contributed by atoms with Gasteiger partial charge in [0, 0.05) is 39.8 Å². The molecule has 6 nitrogen and oxygen atoms in total. The van der Waals surface area contributed by atoms with Gasteiger partial charge in [0.1, 0.15) is 5.82 Å². The minimum absolute atomic E-state index is 0.00199. The first kappa shape index (κ1) is 15.6. The number of nitrogens with zero attached hydrogens (tertiary/aromatic N) is 3. The highest BCUT2D eigenvalue weighted by atomic mass is 35.5. The summed E-state index contributed by atoms with van der Waals surface area (Å²) in [6.07, 6.45) is 1.93. The third-order valence-corrected chi connectivity index (χ3v) is 3.72. The third kappa shape index (κ3) is 3.44. The monoisotopic (exact) mass is 310 g/mol. The first-order valence-electron chi connectivity index (χ1n) is 6.83. The summed E-state index contributed by atoms with van der Waals surface area (Å²) in [5.74, 6) is 0.484. The molecule has 1 aromatic rings. The molecule has 2 heterocycles. The number of amides is 2. The third-order valence-electron chi connectivity index (χ3n) is 3.43. The van der Waals surface area contributed by atoms with Crippen LogP contribution in [-0.2, 0) is 4.79 Å². The van der Waals surface area contributed by atoms with E-state index in [0.29, 0.717) is 35.9 Å². The second-order valence-corrected chi connectivity index (χ2v) is 5.64. The lowest BCUT2D eigenvalue weighted by atomic mass is 10.2. The van der Waals surface area contributed by atoms with E-state index in [4.69, 9.17) is 11.6 Å². The van der Waals surface area contributed by atoms with Gasteiger partial charge in [-0.15, -0.1) is 0 Å². The van der Waals surface area contributed by atoms with Gasteiger partial charge in [0.2, 0.25) is 5.91 Å². The number of hydrogen-bond acceptors (Lipinski definition) is 4. The van der Waals surface area contributed by atoms with Crippen molar-refractivity contribution in [3.8, 4) is 0 Å². The Bertz CT molecular complexity index is 562. The van der Waals surface area contributed by atoms with Gasteiger partial charge in [0.15, 0.2) is 0 Å². The number of rotatable bonds is 4. The van der Waals surface area contributed by atoms with E-state index < -0.39 is 0 Å². The number of pyridine rings is 1. The van der Waals surface area contributed by atoms with Crippen molar-refractivity contribution < 1.29 is 9.59 Å². The average Bonchev–Trinajstić information content (AvgIpc) is 2.80. The summed E-state index contributed by atoms with van der Waals surface area (Å²) in [5, 5.41) is 3.55. The Labute approximate surface area is 129 Å². The molecule has 1 aliphatic heterocycles. The molecule has 1 aromatic heterocycles. The van der Waals surface area contributed by atoms with Crippen LogP contribution in [0.4, 0.5) is 5.82 Å². The molecule has 1 atom stereocenters. The molecule has 0 radical (unpaired) electrons. The first-order chi connectivity index (χ1) is 9.92. The van der Waals surface area contributed by atoms with E-state index in [9.17, 15) is 9.59 Å². The normalized spacial score (nSPS) is 18.0. The molecule has 0 saturated carbocycles. The molecule has 0 spiro atoms. The Morgan fingerprint density at radius 1 is 1.57 bits per heavy atom. The Morgan fingerprint density at radius 2 is 2.29 bits per heavy atom. The Hall–Kier alpha value is -1.82. The summed E-state index contributed by atoms with van der Waals surface area (Å²) >= 11 is 6.17. The fourth-order valence-electron chi connectivity index (χ4n) is 2.29. The fraction of sp³-hybridized carbons (Fsp3) is 0.500. The van der Waals surface area contributed by atoms with Gasteiger partial charge in [-0.25, -0.2) is 4.98 Å². The molecule has 0 bridgehead atoms. The van der Waals surface area contributed by atoms with E-state index in [2.05, 4.69) is 10.3 Å². The van der Waals surface area contributed by atoms with Crippen molar-refractivity contribution >= 4 is 29.2 Å². The second-order valence-electron chi connectivity index (χ2n) is 5.23. The summed E-state index contributed by atoms with van der Waals surface area (Å²) in [4.78, 5) is 31.0. The largest absolute Gasteiger partial charge is 0.364 e. The lowest BCUT2D eigenvalue weighted by molar-refractivity contribution is -0.127. The summed E-state index contributed by atoms with van der Waals surface area (Å²) in [6, 6.07) is 1.59. The van der Waals surface area contributed by atoms with Crippen molar-refractivity contribution in [2.24, 2.45) is 0 Å². The summed E-state index contributed by atoms with van der Waals surface area (Å²) in [7, 11) is 3.34. The van der Waals surface area contributed by atoms with Gasteiger partial charge in [0.05, 0.1) is 16.6 Å². The number of likely N-dealkylation sites (N-methyl/N-ethyl adjacent to an activating group) is 1. The molecule has 7 heteroatoms. The van der Waals surface area contributed by atoms with E-state index in [-0.39, 0.29) is 17.9 Å². The maximum Gasteiger partial charge on any atom is 0.254 e. The molecule has 1 aliphatic rings. The molecule has 21 heavy (non-hydrogen) atoms. The summed E-state index contributed by atoms with van der Waals surface area (Å²) in [5.41, 5.74) is 0.438. The standard InChI is InChI=1S/C14H19ClN4O2/c1-4-19-8-10(6-12(19)20)17-13-11(15)5-9(7-16-13)14(21)18(2)3/h5,7,10H,4,6,8H2,1-3H3,(H,16,17). The first-order valence-corrected chi connectivity index (χ1v) is 7.21. The zero-order valence-electron chi connectivity index (χ0n) is 12.4. The van der Waals surface area contributed by atoms with E-state index in [0.717, 1.165) is 0 Å². The van der Waals surface area contributed by atoms with Crippen LogP contribution in [0.1, 0.15) is 23.7 Å². The fourth-order valence-corrected chi connectivity index (χ4v) is 2.51. The number of carbonyl (C=O) groups is 2. The molecule has 1 saturated heterocycles. The number of hydrogen-bond donors (Lipinski definition) is 1. The Morgan fingerprint density at radius 3 is 2.81 bits per heavy atom. The van der Waals surface area contributed by atoms with Crippen LogP contribution in [0.2, 0.25) is 5.02 Å². The molecule has 0 aromatic carbocycles. The van der Waals surface area contributed by atoms with E-state index in [1.54, 1.807) is 25.1 Å². The smallest absolute Gasteiger partial charge is 0.254 e. The number of carbonyl (C=O) groups excluding carboxylic acids is 2. The maximum absolute atomic E-state index is 11.8. The number of anilines is 1. The number of halogens is 1. The molecule has 1 N–H and O–H groups in total. The second kappa shape index (κ2) is 6.30. The minimum atomic E-state index is -0.149. The molecule has 1 fully saturated rings. The van der Waals surface area contributed by atoms with E-state index in [1.165, 1.54) is 11.1 Å². The molecule has 0 aliphatic carbocycles. The quantitative estimate of drug-likeness (QED) is 0.914. The van der Waals surface area contributed by atoms with Gasteiger partial charge >= 0.3 is 0 Å². The minimum Gasteiger partial charge on any atom is -0.364 e. The van der Waals surface area contributed by atoms with Crippen molar-refractivity contribution in [2.75, 3.05) is 32.5 Å². The SMILES string of the molecule is CCN1CC(Nc2ncc(C(=O)N(C)C)cc2Cl)CC1=O. The molecule has 2 rings (SSSR count). The van der Waals surface area contributed by atoms with Crippen LogP contribution in [0.25, 0.3) is 0 Å². The van der Waals surface area contributed by atoms with Crippen LogP contribution in [0.3, 0.4) is 0 Å². The topological polar surface area (TPSA) is 65.5 Å². The Kier molecular flexibility index (Phi) is 4.67. The van der Waals surface area contributed by atoms with E-state index in [1.807, 2.05) is 6.92 Å². The Balaban J connectivity index is 2.09. The lowest BCUT2D eigenvalue weighted by Gasteiger charge is -2.16.